The van der Waals surface area contributed by atoms with Gasteiger partial charge >= 0.3 is 0 Å². The Balaban J connectivity index is 0.000000707. The van der Waals surface area contributed by atoms with Crippen LogP contribution < -0.4 is 5.32 Å². The number of para-hydroxylation sites is 1. The zero-order chi connectivity index (χ0) is 21.2. The van der Waals surface area contributed by atoms with Crippen LogP contribution in [0, 0.1) is 6.92 Å². The van der Waals surface area contributed by atoms with Gasteiger partial charge in [-0.1, -0.05) is 57.5 Å². The molecule has 5 heteroatoms. The van der Waals surface area contributed by atoms with Crippen LogP contribution in [0.1, 0.15) is 43.6 Å². The monoisotopic (exact) mass is 388 g/mol. The quantitative estimate of drug-likeness (QED) is 0.436. The molecule has 1 amide bonds. The molecule has 150 valence electrons. The number of aryl methyl sites for hydroxylation is 1. The van der Waals surface area contributed by atoms with Gasteiger partial charge in [0.15, 0.2) is 5.65 Å². The predicted octanol–water partition coefficient (Wildman–Crippen LogP) is 6.24. The van der Waals surface area contributed by atoms with E-state index in [0.717, 1.165) is 16.6 Å². The molecule has 0 spiro atoms. The van der Waals surface area contributed by atoms with Crippen molar-refractivity contribution in [2.24, 2.45) is 0 Å². The summed E-state index contributed by atoms with van der Waals surface area (Å²) in [5.74, 6) is 0.527. The molecule has 0 atom stereocenters. The lowest BCUT2D eigenvalue weighted by molar-refractivity contribution is 0.102. The van der Waals surface area contributed by atoms with E-state index in [4.69, 9.17) is 0 Å². The third kappa shape index (κ3) is 5.29. The lowest BCUT2D eigenvalue weighted by Gasteiger charge is -2.10. The fraction of sp³-hybridized carbons (Fsp3) is 0.208. The fourth-order valence-electron chi connectivity index (χ4n) is 2.75. The molecule has 0 bridgehead atoms. The molecule has 29 heavy (non-hydrogen) atoms. The van der Waals surface area contributed by atoms with Crippen LogP contribution in [0.3, 0.4) is 0 Å². The average Bonchev–Trinajstić information content (AvgIpc) is 3.21. The maximum Gasteiger partial charge on any atom is 0.255 e. The molecule has 0 saturated carbocycles. The van der Waals surface area contributed by atoms with Crippen molar-refractivity contribution >= 4 is 22.8 Å². The second kappa shape index (κ2) is 10.8. The average molecular weight is 389 g/mol. The first-order valence-electron chi connectivity index (χ1n) is 9.99. The lowest BCUT2D eigenvalue weighted by Crippen LogP contribution is -2.12. The SMILES string of the molecule is CC.CC.Cc1cccc(C(=O)Nc2ccccc2-c2nc3ncccc3[nH]2)c1. The highest BCUT2D eigenvalue weighted by Crippen LogP contribution is 2.27. The van der Waals surface area contributed by atoms with Crippen LogP contribution in [0.25, 0.3) is 22.6 Å². The number of aromatic nitrogens is 3. The third-order valence-corrected chi connectivity index (χ3v) is 3.97. The largest absolute Gasteiger partial charge is 0.337 e. The van der Waals surface area contributed by atoms with Crippen LogP contribution in [0.15, 0.2) is 66.9 Å². The van der Waals surface area contributed by atoms with E-state index in [9.17, 15) is 4.79 Å². The molecule has 4 aromatic rings. The van der Waals surface area contributed by atoms with E-state index < -0.39 is 0 Å². The molecule has 0 aliphatic rings. The number of carbonyl (C=O) groups excluding carboxylic acids is 1. The van der Waals surface area contributed by atoms with Gasteiger partial charge in [-0.05, 0) is 43.3 Å². The highest BCUT2D eigenvalue weighted by molar-refractivity contribution is 6.06. The van der Waals surface area contributed by atoms with Crippen LogP contribution in [0.5, 0.6) is 0 Å². The molecule has 0 fully saturated rings. The lowest BCUT2D eigenvalue weighted by atomic mass is 10.1. The number of carbonyl (C=O) groups is 1. The molecule has 0 saturated heterocycles. The molecule has 2 heterocycles. The van der Waals surface area contributed by atoms with E-state index in [1.807, 2.05) is 89.2 Å². The van der Waals surface area contributed by atoms with Crippen LogP contribution >= 0.6 is 0 Å². The summed E-state index contributed by atoms with van der Waals surface area (Å²) in [5, 5.41) is 2.98. The molecule has 5 nitrogen and oxygen atoms in total. The first-order chi connectivity index (χ1) is 14.2. The Labute approximate surface area is 172 Å². The number of H-pyrrole nitrogens is 1. The van der Waals surface area contributed by atoms with Crippen LogP contribution in [0.2, 0.25) is 0 Å². The first-order valence-corrected chi connectivity index (χ1v) is 9.99. The summed E-state index contributed by atoms with van der Waals surface area (Å²) >= 11 is 0. The van der Waals surface area contributed by atoms with E-state index in [2.05, 4.69) is 20.3 Å². The number of amides is 1. The van der Waals surface area contributed by atoms with Gasteiger partial charge in [0.05, 0.1) is 11.2 Å². The van der Waals surface area contributed by atoms with E-state index in [1.165, 1.54) is 0 Å². The minimum atomic E-state index is -0.148. The minimum Gasteiger partial charge on any atom is -0.337 e. The van der Waals surface area contributed by atoms with Gasteiger partial charge in [0, 0.05) is 17.3 Å². The Morgan fingerprint density at radius 1 is 0.931 bits per heavy atom. The van der Waals surface area contributed by atoms with Gasteiger partial charge in [-0.3, -0.25) is 4.79 Å². The Morgan fingerprint density at radius 2 is 1.69 bits per heavy atom. The van der Waals surface area contributed by atoms with E-state index in [0.29, 0.717) is 22.7 Å². The normalized spacial score (nSPS) is 9.69. The van der Waals surface area contributed by atoms with Crippen molar-refractivity contribution in [1.29, 1.82) is 0 Å². The number of hydrogen-bond donors (Lipinski definition) is 2. The summed E-state index contributed by atoms with van der Waals surface area (Å²) in [6, 6.07) is 18.9. The van der Waals surface area contributed by atoms with Gasteiger partial charge in [-0.25, -0.2) is 9.97 Å². The van der Waals surface area contributed by atoms with Crippen LogP contribution in [0.4, 0.5) is 5.69 Å². The molecule has 4 rings (SSSR count). The Morgan fingerprint density at radius 3 is 2.41 bits per heavy atom. The van der Waals surface area contributed by atoms with Crippen molar-refractivity contribution in [3.05, 3.63) is 78.0 Å². The van der Waals surface area contributed by atoms with Crippen molar-refractivity contribution in [2.45, 2.75) is 34.6 Å². The number of pyridine rings is 1. The third-order valence-electron chi connectivity index (χ3n) is 3.97. The summed E-state index contributed by atoms with van der Waals surface area (Å²) in [6.45, 7) is 9.96. The maximum absolute atomic E-state index is 12.6. The van der Waals surface area contributed by atoms with Gasteiger partial charge in [-0.15, -0.1) is 0 Å². The number of nitrogens with zero attached hydrogens (tertiary/aromatic N) is 2. The minimum absolute atomic E-state index is 0.148. The first kappa shape index (κ1) is 21.8. The number of hydrogen-bond acceptors (Lipinski definition) is 3. The highest BCUT2D eigenvalue weighted by Gasteiger charge is 2.13. The van der Waals surface area contributed by atoms with Crippen molar-refractivity contribution in [3.8, 4) is 11.4 Å². The van der Waals surface area contributed by atoms with Crippen LogP contribution in [-0.4, -0.2) is 20.9 Å². The van der Waals surface area contributed by atoms with E-state index in [-0.39, 0.29) is 5.91 Å². The topological polar surface area (TPSA) is 70.7 Å². The molecule has 0 radical (unpaired) electrons. The second-order valence-electron chi connectivity index (χ2n) is 5.83. The Kier molecular flexibility index (Phi) is 8.10. The second-order valence-corrected chi connectivity index (χ2v) is 5.83. The number of rotatable bonds is 3. The number of benzene rings is 2. The van der Waals surface area contributed by atoms with E-state index in [1.54, 1.807) is 12.3 Å². The van der Waals surface area contributed by atoms with Crippen molar-refractivity contribution in [3.63, 3.8) is 0 Å². The molecule has 0 aliphatic carbocycles. The van der Waals surface area contributed by atoms with E-state index >= 15 is 0 Å². The van der Waals surface area contributed by atoms with Gasteiger partial charge < -0.3 is 10.3 Å². The zero-order valence-electron chi connectivity index (χ0n) is 17.7. The summed E-state index contributed by atoms with van der Waals surface area (Å²) in [4.78, 5) is 24.6. The van der Waals surface area contributed by atoms with Crippen molar-refractivity contribution in [2.75, 3.05) is 5.32 Å². The van der Waals surface area contributed by atoms with Gasteiger partial charge in [-0.2, -0.15) is 0 Å². The molecule has 2 aromatic heterocycles. The highest BCUT2D eigenvalue weighted by atomic mass is 16.1. The molecule has 2 aromatic carbocycles. The molecule has 2 N–H and O–H groups in total. The maximum atomic E-state index is 12.6. The summed E-state index contributed by atoms with van der Waals surface area (Å²) in [6.07, 6.45) is 1.71. The summed E-state index contributed by atoms with van der Waals surface area (Å²) in [7, 11) is 0. The Hall–Kier alpha value is -3.47. The zero-order valence-corrected chi connectivity index (χ0v) is 17.7. The predicted molar refractivity (Wildman–Crippen MR) is 121 cm³/mol. The molecule has 0 unspecified atom stereocenters. The van der Waals surface area contributed by atoms with Crippen LogP contribution in [-0.2, 0) is 0 Å². The fourth-order valence-corrected chi connectivity index (χ4v) is 2.75. The van der Waals surface area contributed by atoms with Gasteiger partial charge in [0.25, 0.3) is 5.91 Å². The number of imidazole rings is 1. The van der Waals surface area contributed by atoms with Crippen molar-refractivity contribution in [1.82, 2.24) is 15.0 Å². The molecule has 0 aliphatic heterocycles. The number of fused-ring (bicyclic) bond motifs is 1. The molecular formula is C24H28N4O. The number of aromatic amines is 1. The van der Waals surface area contributed by atoms with Gasteiger partial charge in [0.1, 0.15) is 5.82 Å². The Bertz CT molecular complexity index is 1040. The number of nitrogens with one attached hydrogen (secondary N) is 2. The summed E-state index contributed by atoms with van der Waals surface area (Å²) < 4.78 is 0. The smallest absolute Gasteiger partial charge is 0.255 e. The standard InChI is InChI=1S/C20H16N4O.2C2H6/c1-13-6-4-7-14(12-13)20(25)23-16-9-3-2-8-15(16)18-22-17-10-5-11-21-19(17)24-18;2*1-2/h2-12H,1H3,(H,23,25)(H,21,22,24);2*1-2H3. The number of anilines is 1. The van der Waals surface area contributed by atoms with Crippen molar-refractivity contribution < 1.29 is 4.79 Å². The summed E-state index contributed by atoms with van der Waals surface area (Å²) in [5.41, 5.74) is 4.70. The molecular weight excluding hydrogens is 360 g/mol. The van der Waals surface area contributed by atoms with Gasteiger partial charge in [0.2, 0.25) is 0 Å².